The number of alkyl halides is 3. The Morgan fingerprint density at radius 2 is 2.07 bits per heavy atom. The minimum Gasteiger partial charge on any atom is -0.295 e. The molecule has 0 spiro atoms. The summed E-state index contributed by atoms with van der Waals surface area (Å²) in [5.74, 6) is 0.0612. The van der Waals surface area contributed by atoms with Crippen LogP contribution in [0.1, 0.15) is 25.7 Å². The maximum atomic E-state index is 11.8. The highest BCUT2D eigenvalue weighted by atomic mass is 32.2. The molecule has 0 aliphatic heterocycles. The van der Waals surface area contributed by atoms with Crippen LogP contribution in [0.3, 0.4) is 0 Å². The second-order valence-corrected chi connectivity index (χ2v) is 4.33. The second-order valence-electron chi connectivity index (χ2n) is 3.17. The molecule has 0 aromatic carbocycles. The van der Waals surface area contributed by atoms with E-state index in [1.54, 1.807) is 0 Å². The quantitative estimate of drug-likeness (QED) is 0.731. The first-order chi connectivity index (χ1) is 6.47. The van der Waals surface area contributed by atoms with Crippen molar-refractivity contribution in [2.24, 2.45) is 0 Å². The Balaban J connectivity index is 2.28. The van der Waals surface area contributed by atoms with Crippen LogP contribution in [-0.4, -0.2) is 17.0 Å². The topological polar surface area (TPSA) is 17.1 Å². The van der Waals surface area contributed by atoms with Gasteiger partial charge >= 0.3 is 5.51 Å². The summed E-state index contributed by atoms with van der Waals surface area (Å²) in [6.07, 6.45) is 3.96. The van der Waals surface area contributed by atoms with Crippen LogP contribution in [0.5, 0.6) is 0 Å². The molecule has 5 heteroatoms. The molecule has 0 fully saturated rings. The van der Waals surface area contributed by atoms with Crippen LogP contribution in [-0.2, 0) is 4.79 Å². The molecule has 1 aliphatic rings. The molecule has 0 bridgehead atoms. The number of halogens is 3. The zero-order valence-electron chi connectivity index (χ0n) is 7.56. The molecule has 0 radical (unpaired) electrons. The minimum atomic E-state index is -4.15. The molecule has 0 saturated carbocycles. The number of hydrogen-bond donors (Lipinski definition) is 0. The third kappa shape index (κ3) is 4.69. The molecule has 0 aromatic heterocycles. The lowest BCUT2D eigenvalue weighted by Crippen LogP contribution is -2.05. The Morgan fingerprint density at radius 3 is 2.64 bits per heavy atom. The molecule has 14 heavy (non-hydrogen) atoms. The maximum Gasteiger partial charge on any atom is 0.441 e. The molecule has 0 amide bonds. The molecule has 0 unspecified atom stereocenters. The van der Waals surface area contributed by atoms with Gasteiger partial charge in [-0.05, 0) is 25.3 Å². The molecule has 0 saturated heterocycles. The predicted molar refractivity (Wildman–Crippen MR) is 50.1 cm³/mol. The molecule has 1 aliphatic carbocycles. The highest BCUT2D eigenvalue weighted by molar-refractivity contribution is 8.00. The molecule has 0 aromatic rings. The van der Waals surface area contributed by atoms with Crippen molar-refractivity contribution < 1.29 is 18.0 Å². The molecule has 1 rings (SSSR count). The molecule has 0 heterocycles. The van der Waals surface area contributed by atoms with E-state index in [2.05, 4.69) is 0 Å². The van der Waals surface area contributed by atoms with E-state index < -0.39 is 5.51 Å². The third-order valence-electron chi connectivity index (χ3n) is 1.98. The maximum absolute atomic E-state index is 11.8. The summed E-state index contributed by atoms with van der Waals surface area (Å²) in [5, 5.41) is 0. The van der Waals surface area contributed by atoms with Crippen LogP contribution >= 0.6 is 11.8 Å². The van der Waals surface area contributed by atoms with Gasteiger partial charge in [0.1, 0.15) is 0 Å². The van der Waals surface area contributed by atoms with E-state index in [9.17, 15) is 18.0 Å². The molecular weight excluding hydrogens is 213 g/mol. The fourth-order valence-corrected chi connectivity index (χ4v) is 1.95. The monoisotopic (exact) mass is 224 g/mol. The Bertz CT molecular complexity index is 245. The zero-order valence-corrected chi connectivity index (χ0v) is 8.38. The van der Waals surface area contributed by atoms with Gasteiger partial charge in [0.05, 0.1) is 0 Å². The molecular formula is C9H11F3OS. The summed E-state index contributed by atoms with van der Waals surface area (Å²) < 4.78 is 35.3. The number of carbonyl (C=O) groups is 1. The van der Waals surface area contributed by atoms with Crippen molar-refractivity contribution in [3.05, 3.63) is 11.6 Å². The molecule has 0 atom stereocenters. The average Bonchev–Trinajstić information content (AvgIpc) is 2.01. The van der Waals surface area contributed by atoms with Gasteiger partial charge in [0.15, 0.2) is 5.78 Å². The lowest BCUT2D eigenvalue weighted by Gasteiger charge is -2.12. The summed E-state index contributed by atoms with van der Waals surface area (Å²) in [6, 6.07) is 0. The number of carbonyl (C=O) groups excluding carboxylic acids is 1. The Kier molecular flexibility index (Phi) is 4.04. The summed E-state index contributed by atoms with van der Waals surface area (Å²) in [5.41, 5.74) is -3.29. The lowest BCUT2D eigenvalue weighted by molar-refractivity contribution is -0.115. The first-order valence-corrected chi connectivity index (χ1v) is 5.39. The third-order valence-corrected chi connectivity index (χ3v) is 2.71. The highest BCUT2D eigenvalue weighted by Gasteiger charge is 2.27. The standard InChI is InChI=1S/C9H11F3OS/c10-9(11,12)14-5-4-7-2-1-3-8(13)6-7/h6H,1-5H2. The van der Waals surface area contributed by atoms with Gasteiger partial charge in [-0.25, -0.2) is 0 Å². The van der Waals surface area contributed by atoms with Crippen molar-refractivity contribution in [3.63, 3.8) is 0 Å². The van der Waals surface area contributed by atoms with Crippen LogP contribution < -0.4 is 0 Å². The number of hydrogen-bond acceptors (Lipinski definition) is 2. The van der Waals surface area contributed by atoms with Crippen LogP contribution in [0.2, 0.25) is 0 Å². The summed E-state index contributed by atoms with van der Waals surface area (Å²) >= 11 is -0.0237. The van der Waals surface area contributed by atoms with Gasteiger partial charge in [0.25, 0.3) is 0 Å². The van der Waals surface area contributed by atoms with Crippen LogP contribution in [0.25, 0.3) is 0 Å². The van der Waals surface area contributed by atoms with Crippen molar-refractivity contribution in [1.29, 1.82) is 0 Å². The molecule has 80 valence electrons. The van der Waals surface area contributed by atoms with E-state index in [0.29, 0.717) is 12.8 Å². The predicted octanol–water partition coefficient (Wildman–Crippen LogP) is 3.31. The van der Waals surface area contributed by atoms with Crippen molar-refractivity contribution >= 4 is 17.5 Å². The smallest absolute Gasteiger partial charge is 0.295 e. The van der Waals surface area contributed by atoms with E-state index >= 15 is 0 Å². The van der Waals surface area contributed by atoms with E-state index in [1.165, 1.54) is 6.08 Å². The largest absolute Gasteiger partial charge is 0.441 e. The Hall–Kier alpha value is -0.450. The number of allylic oxidation sites excluding steroid dienone is 2. The van der Waals surface area contributed by atoms with Gasteiger partial charge < -0.3 is 0 Å². The van der Waals surface area contributed by atoms with E-state index in [-0.39, 0.29) is 23.3 Å². The summed E-state index contributed by atoms with van der Waals surface area (Å²) in [6.45, 7) is 0. The van der Waals surface area contributed by atoms with Crippen molar-refractivity contribution in [3.8, 4) is 0 Å². The Labute approximate surface area is 84.7 Å². The lowest BCUT2D eigenvalue weighted by atomic mass is 9.97. The highest BCUT2D eigenvalue weighted by Crippen LogP contribution is 2.32. The summed E-state index contributed by atoms with van der Waals surface area (Å²) in [4.78, 5) is 10.9. The normalized spacial score (nSPS) is 18.2. The minimum absolute atomic E-state index is 0.0165. The van der Waals surface area contributed by atoms with Crippen molar-refractivity contribution in [2.45, 2.75) is 31.2 Å². The van der Waals surface area contributed by atoms with Gasteiger partial charge in [-0.1, -0.05) is 17.3 Å². The number of rotatable bonds is 3. The fourth-order valence-electron chi connectivity index (χ4n) is 1.36. The van der Waals surface area contributed by atoms with Gasteiger partial charge in [-0.15, -0.1) is 0 Å². The second kappa shape index (κ2) is 4.87. The van der Waals surface area contributed by atoms with Gasteiger partial charge in [0.2, 0.25) is 0 Å². The SMILES string of the molecule is O=C1C=C(CCSC(F)(F)F)CCC1. The van der Waals surface area contributed by atoms with Gasteiger partial charge in [-0.2, -0.15) is 13.2 Å². The average molecular weight is 224 g/mol. The fraction of sp³-hybridized carbons (Fsp3) is 0.667. The van der Waals surface area contributed by atoms with Gasteiger partial charge in [0, 0.05) is 12.2 Å². The zero-order chi connectivity index (χ0) is 10.6. The first kappa shape index (κ1) is 11.6. The van der Waals surface area contributed by atoms with E-state index in [0.717, 1.165) is 18.4 Å². The number of thioether (sulfide) groups is 1. The first-order valence-electron chi connectivity index (χ1n) is 4.40. The Morgan fingerprint density at radius 1 is 1.36 bits per heavy atom. The van der Waals surface area contributed by atoms with Crippen LogP contribution in [0.15, 0.2) is 11.6 Å². The molecule has 0 N–H and O–H groups in total. The number of ketones is 1. The molecule has 1 nitrogen and oxygen atoms in total. The summed E-state index contributed by atoms with van der Waals surface area (Å²) in [7, 11) is 0. The van der Waals surface area contributed by atoms with Crippen molar-refractivity contribution in [1.82, 2.24) is 0 Å². The van der Waals surface area contributed by atoms with Crippen LogP contribution in [0.4, 0.5) is 13.2 Å². The van der Waals surface area contributed by atoms with Crippen molar-refractivity contribution in [2.75, 3.05) is 5.75 Å². The van der Waals surface area contributed by atoms with E-state index in [4.69, 9.17) is 0 Å². The van der Waals surface area contributed by atoms with Gasteiger partial charge in [-0.3, -0.25) is 4.79 Å². The van der Waals surface area contributed by atoms with Crippen LogP contribution in [0, 0.1) is 0 Å². The van der Waals surface area contributed by atoms with E-state index in [1.807, 2.05) is 0 Å².